The Morgan fingerprint density at radius 2 is 1.67 bits per heavy atom. The van der Waals surface area contributed by atoms with Crippen molar-refractivity contribution in [2.45, 2.75) is 51.0 Å². The predicted octanol–water partition coefficient (Wildman–Crippen LogP) is 0.782. The largest absolute Gasteiger partial charge is 0.354 e. The molecule has 2 unspecified atom stereocenters. The Bertz CT molecular complexity index is 394. The van der Waals surface area contributed by atoms with E-state index in [1.807, 2.05) is 0 Å². The number of carbonyl (C=O) groups excluding carboxylic acids is 2. The Labute approximate surface area is 126 Å². The highest BCUT2D eigenvalue weighted by atomic mass is 16.2. The highest BCUT2D eigenvalue weighted by Gasteiger charge is 2.40. The topological polar surface area (TPSA) is 84.2 Å². The van der Waals surface area contributed by atoms with Crippen LogP contribution >= 0.6 is 0 Å². The number of hydrogen-bond donors (Lipinski definition) is 3. The van der Waals surface area contributed by atoms with E-state index in [-0.39, 0.29) is 30.3 Å². The average Bonchev–Trinajstić information content (AvgIpc) is 3.26. The first-order valence-corrected chi connectivity index (χ1v) is 8.43. The molecule has 21 heavy (non-hydrogen) atoms. The fourth-order valence-corrected chi connectivity index (χ4v) is 3.96. The first-order chi connectivity index (χ1) is 10.1. The quantitative estimate of drug-likeness (QED) is 0.700. The molecule has 5 nitrogen and oxygen atoms in total. The van der Waals surface area contributed by atoms with Crippen molar-refractivity contribution in [3.05, 3.63) is 0 Å². The van der Waals surface area contributed by atoms with E-state index < -0.39 is 0 Å². The van der Waals surface area contributed by atoms with Crippen molar-refractivity contribution in [3.8, 4) is 0 Å². The Hall–Kier alpha value is -1.10. The summed E-state index contributed by atoms with van der Waals surface area (Å²) in [5.74, 6) is 1.69. The van der Waals surface area contributed by atoms with Gasteiger partial charge in [-0.2, -0.15) is 0 Å². The number of nitrogens with two attached hydrogens (primary N) is 1. The van der Waals surface area contributed by atoms with Crippen molar-refractivity contribution in [2.75, 3.05) is 13.1 Å². The Morgan fingerprint density at radius 3 is 2.29 bits per heavy atom. The lowest BCUT2D eigenvalue weighted by Gasteiger charge is -2.43. The molecule has 118 valence electrons. The molecule has 2 atom stereocenters. The molecule has 2 amide bonds. The molecular formula is C16H27N3O2. The van der Waals surface area contributed by atoms with Crippen LogP contribution in [0.15, 0.2) is 0 Å². The van der Waals surface area contributed by atoms with Gasteiger partial charge in [-0.15, -0.1) is 0 Å². The minimum absolute atomic E-state index is 0.0420. The molecule has 3 rings (SSSR count). The van der Waals surface area contributed by atoms with Crippen LogP contribution in [0.2, 0.25) is 0 Å². The van der Waals surface area contributed by atoms with Gasteiger partial charge in [-0.25, -0.2) is 0 Å². The molecule has 0 aromatic heterocycles. The third-order valence-electron chi connectivity index (χ3n) is 5.49. The molecule has 3 aliphatic rings. The van der Waals surface area contributed by atoms with E-state index in [0.29, 0.717) is 17.8 Å². The maximum atomic E-state index is 12.3. The van der Waals surface area contributed by atoms with Crippen molar-refractivity contribution in [3.63, 3.8) is 0 Å². The molecule has 3 fully saturated rings. The van der Waals surface area contributed by atoms with Gasteiger partial charge < -0.3 is 16.4 Å². The van der Waals surface area contributed by atoms with Crippen LogP contribution in [0.25, 0.3) is 0 Å². The molecule has 2 bridgehead atoms. The second-order valence-electron chi connectivity index (χ2n) is 7.16. The van der Waals surface area contributed by atoms with Gasteiger partial charge >= 0.3 is 0 Å². The van der Waals surface area contributed by atoms with E-state index in [2.05, 4.69) is 10.6 Å². The van der Waals surface area contributed by atoms with Gasteiger partial charge in [0, 0.05) is 18.5 Å². The van der Waals surface area contributed by atoms with Crippen molar-refractivity contribution in [2.24, 2.45) is 29.4 Å². The highest BCUT2D eigenvalue weighted by Crippen LogP contribution is 2.41. The third kappa shape index (κ3) is 3.76. The summed E-state index contributed by atoms with van der Waals surface area (Å²) in [6.07, 6.45) is 7.80. The summed E-state index contributed by atoms with van der Waals surface area (Å²) in [5, 5.41) is 5.68. The van der Waals surface area contributed by atoms with Crippen molar-refractivity contribution < 1.29 is 9.59 Å². The van der Waals surface area contributed by atoms with Gasteiger partial charge in [0.15, 0.2) is 0 Å². The van der Waals surface area contributed by atoms with Crippen LogP contribution in [0, 0.1) is 23.7 Å². The molecule has 0 radical (unpaired) electrons. The maximum absolute atomic E-state index is 12.3. The smallest absolute Gasteiger partial charge is 0.239 e. The predicted molar refractivity (Wildman–Crippen MR) is 80.3 cm³/mol. The summed E-state index contributed by atoms with van der Waals surface area (Å²) in [5.41, 5.74) is 6.25. The minimum atomic E-state index is -0.0667. The second-order valence-corrected chi connectivity index (χ2v) is 7.16. The molecule has 3 saturated carbocycles. The van der Waals surface area contributed by atoms with Gasteiger partial charge in [0.1, 0.15) is 0 Å². The summed E-state index contributed by atoms with van der Waals surface area (Å²) in [6.45, 7) is 0.876. The average molecular weight is 293 g/mol. The first kappa shape index (κ1) is 14.8. The summed E-state index contributed by atoms with van der Waals surface area (Å²) >= 11 is 0. The van der Waals surface area contributed by atoms with Crippen LogP contribution in [-0.2, 0) is 9.59 Å². The van der Waals surface area contributed by atoms with Gasteiger partial charge in [-0.1, -0.05) is 6.42 Å². The van der Waals surface area contributed by atoms with Crippen LogP contribution in [0.3, 0.4) is 0 Å². The van der Waals surface area contributed by atoms with Gasteiger partial charge in [0.05, 0.1) is 6.54 Å². The molecule has 0 aromatic rings. The molecule has 3 aliphatic carbocycles. The van der Waals surface area contributed by atoms with Crippen LogP contribution in [0.5, 0.6) is 0 Å². The van der Waals surface area contributed by atoms with Crippen molar-refractivity contribution in [1.29, 1.82) is 0 Å². The summed E-state index contributed by atoms with van der Waals surface area (Å²) in [7, 11) is 0. The van der Waals surface area contributed by atoms with Gasteiger partial charge in [-0.3, -0.25) is 9.59 Å². The maximum Gasteiger partial charge on any atom is 0.239 e. The second kappa shape index (κ2) is 6.34. The number of amides is 2. The molecule has 0 aliphatic heterocycles. The first-order valence-electron chi connectivity index (χ1n) is 8.43. The fourth-order valence-electron chi connectivity index (χ4n) is 3.96. The molecular weight excluding hydrogens is 266 g/mol. The zero-order chi connectivity index (χ0) is 14.8. The van der Waals surface area contributed by atoms with Crippen LogP contribution in [0.1, 0.15) is 44.9 Å². The number of rotatable bonds is 5. The zero-order valence-corrected chi connectivity index (χ0v) is 12.6. The monoisotopic (exact) mass is 293 g/mol. The number of nitrogens with one attached hydrogen (secondary N) is 2. The molecule has 0 aromatic carbocycles. The zero-order valence-electron chi connectivity index (χ0n) is 12.6. The summed E-state index contributed by atoms with van der Waals surface area (Å²) in [4.78, 5) is 23.9. The van der Waals surface area contributed by atoms with Crippen LogP contribution in [0.4, 0.5) is 0 Å². The lowest BCUT2D eigenvalue weighted by molar-refractivity contribution is -0.130. The molecule has 0 heterocycles. The van der Waals surface area contributed by atoms with E-state index in [4.69, 9.17) is 5.73 Å². The lowest BCUT2D eigenvalue weighted by Crippen LogP contribution is -2.50. The number of carbonyl (C=O) groups is 2. The Morgan fingerprint density at radius 1 is 1.00 bits per heavy atom. The number of hydrogen-bond acceptors (Lipinski definition) is 3. The molecule has 0 spiro atoms. The number of fused-ring (bicyclic) bond motifs is 2. The normalized spacial score (nSPS) is 35.1. The van der Waals surface area contributed by atoms with Crippen molar-refractivity contribution >= 4 is 11.8 Å². The van der Waals surface area contributed by atoms with Gasteiger partial charge in [0.2, 0.25) is 11.8 Å². The summed E-state index contributed by atoms with van der Waals surface area (Å²) < 4.78 is 0. The van der Waals surface area contributed by atoms with E-state index in [9.17, 15) is 9.59 Å². The van der Waals surface area contributed by atoms with Gasteiger partial charge in [-0.05, 0) is 56.3 Å². The summed E-state index contributed by atoms with van der Waals surface area (Å²) in [6, 6.07) is 0.282. The fraction of sp³-hybridized carbons (Fsp3) is 0.875. The molecule has 5 heteroatoms. The SMILES string of the molecule is NC1C2CCCC1CC(C(=O)NCC(=O)NCC1CC1)C2. The lowest BCUT2D eigenvalue weighted by atomic mass is 9.65. The Kier molecular flexibility index (Phi) is 4.48. The molecule has 4 N–H and O–H groups in total. The van der Waals surface area contributed by atoms with Crippen LogP contribution < -0.4 is 16.4 Å². The highest BCUT2D eigenvalue weighted by molar-refractivity contribution is 5.85. The van der Waals surface area contributed by atoms with Gasteiger partial charge in [0.25, 0.3) is 0 Å². The van der Waals surface area contributed by atoms with E-state index >= 15 is 0 Å². The van der Waals surface area contributed by atoms with Crippen molar-refractivity contribution in [1.82, 2.24) is 10.6 Å². The van der Waals surface area contributed by atoms with E-state index in [1.165, 1.54) is 19.3 Å². The van der Waals surface area contributed by atoms with Crippen LogP contribution in [-0.4, -0.2) is 30.9 Å². The Balaban J connectivity index is 1.41. The minimum Gasteiger partial charge on any atom is -0.354 e. The molecule has 0 saturated heterocycles. The van der Waals surface area contributed by atoms with E-state index in [1.54, 1.807) is 0 Å². The third-order valence-corrected chi connectivity index (χ3v) is 5.49. The standard InChI is InChI=1S/C16H27N3O2/c17-15-11-2-1-3-12(15)7-13(6-11)16(21)19-9-14(20)18-8-10-4-5-10/h10-13,15H,1-9,17H2,(H,18,20)(H,19,21). The van der Waals surface area contributed by atoms with E-state index in [0.717, 1.165) is 32.2 Å².